The van der Waals surface area contributed by atoms with Gasteiger partial charge in [-0.25, -0.2) is 4.98 Å². The highest BCUT2D eigenvalue weighted by molar-refractivity contribution is 5.92. The molecule has 0 aliphatic heterocycles. The number of carbonyl (C=O) groups is 1. The molecule has 5 nitrogen and oxygen atoms in total. The third kappa shape index (κ3) is 5.33. The largest absolute Gasteiger partial charge is 0.372 e. The molecule has 0 fully saturated rings. The van der Waals surface area contributed by atoms with Crippen LogP contribution in [0.25, 0.3) is 0 Å². The van der Waals surface area contributed by atoms with Gasteiger partial charge >= 0.3 is 0 Å². The molecular formula is C23H26N4O. The molecule has 0 aliphatic rings. The molecule has 5 heteroatoms. The lowest BCUT2D eigenvalue weighted by atomic mass is 10.1. The first-order valence-corrected chi connectivity index (χ1v) is 9.59. The number of nitrogens with zero attached hydrogens (tertiary/aromatic N) is 2. The maximum Gasteiger partial charge on any atom is 0.228 e. The standard InChI is InChI=1S/C23H26N4O/c1-3-27(4-2)21-13-10-19(11-14-21)25-22-15-12-20(17-24-22)26-23(28)16-18-8-6-5-7-9-18/h5-15,17H,3-4,16H2,1-2H3,(H,24,25)(H,26,28). The van der Waals surface area contributed by atoms with Crippen LogP contribution in [-0.2, 0) is 11.2 Å². The second-order valence-corrected chi connectivity index (χ2v) is 6.49. The van der Waals surface area contributed by atoms with Crippen molar-refractivity contribution in [2.75, 3.05) is 28.6 Å². The monoisotopic (exact) mass is 374 g/mol. The van der Waals surface area contributed by atoms with Crippen molar-refractivity contribution in [1.29, 1.82) is 0 Å². The summed E-state index contributed by atoms with van der Waals surface area (Å²) in [6, 6.07) is 21.7. The van der Waals surface area contributed by atoms with Crippen LogP contribution < -0.4 is 15.5 Å². The van der Waals surface area contributed by atoms with Crippen LogP contribution in [0.5, 0.6) is 0 Å². The number of hydrogen-bond donors (Lipinski definition) is 2. The van der Waals surface area contributed by atoms with Crippen molar-refractivity contribution in [2.24, 2.45) is 0 Å². The highest BCUT2D eigenvalue weighted by atomic mass is 16.1. The number of aromatic nitrogens is 1. The van der Waals surface area contributed by atoms with E-state index in [4.69, 9.17) is 0 Å². The van der Waals surface area contributed by atoms with E-state index in [1.807, 2.05) is 54.6 Å². The number of hydrogen-bond acceptors (Lipinski definition) is 4. The molecule has 1 heterocycles. The molecule has 0 radical (unpaired) electrons. The first-order valence-electron chi connectivity index (χ1n) is 9.59. The fourth-order valence-corrected chi connectivity index (χ4v) is 3.02. The van der Waals surface area contributed by atoms with Crippen LogP contribution >= 0.6 is 0 Å². The van der Waals surface area contributed by atoms with Crippen molar-refractivity contribution in [1.82, 2.24) is 4.98 Å². The number of nitrogens with one attached hydrogen (secondary N) is 2. The molecule has 0 spiro atoms. The number of benzene rings is 2. The Balaban J connectivity index is 1.56. The van der Waals surface area contributed by atoms with E-state index in [1.54, 1.807) is 6.20 Å². The van der Waals surface area contributed by atoms with Gasteiger partial charge in [0.25, 0.3) is 0 Å². The Kier molecular flexibility index (Phi) is 6.63. The smallest absolute Gasteiger partial charge is 0.228 e. The molecule has 0 aliphatic carbocycles. The molecule has 0 unspecified atom stereocenters. The Labute approximate surface area is 166 Å². The maximum atomic E-state index is 12.1. The quantitative estimate of drug-likeness (QED) is 0.592. The number of amides is 1. The lowest BCUT2D eigenvalue weighted by Crippen LogP contribution is -2.21. The van der Waals surface area contributed by atoms with Gasteiger partial charge in [-0.05, 0) is 55.8 Å². The number of pyridine rings is 1. The van der Waals surface area contributed by atoms with Gasteiger partial charge in [-0.15, -0.1) is 0 Å². The van der Waals surface area contributed by atoms with Gasteiger partial charge in [0.1, 0.15) is 5.82 Å². The third-order valence-corrected chi connectivity index (χ3v) is 4.52. The van der Waals surface area contributed by atoms with E-state index in [1.165, 1.54) is 5.69 Å². The van der Waals surface area contributed by atoms with Crippen LogP contribution in [-0.4, -0.2) is 24.0 Å². The highest BCUT2D eigenvalue weighted by Crippen LogP contribution is 2.21. The fourth-order valence-electron chi connectivity index (χ4n) is 3.02. The second-order valence-electron chi connectivity index (χ2n) is 6.49. The Morgan fingerprint density at radius 3 is 2.18 bits per heavy atom. The van der Waals surface area contributed by atoms with Gasteiger partial charge in [0.2, 0.25) is 5.91 Å². The summed E-state index contributed by atoms with van der Waals surface area (Å²) >= 11 is 0. The van der Waals surface area contributed by atoms with Crippen LogP contribution in [0.15, 0.2) is 72.9 Å². The van der Waals surface area contributed by atoms with Crippen molar-refractivity contribution in [3.8, 4) is 0 Å². The molecule has 0 bridgehead atoms. The van der Waals surface area contributed by atoms with E-state index in [9.17, 15) is 4.79 Å². The van der Waals surface area contributed by atoms with Crippen molar-refractivity contribution >= 4 is 28.8 Å². The number of anilines is 4. The van der Waals surface area contributed by atoms with Gasteiger partial charge < -0.3 is 15.5 Å². The van der Waals surface area contributed by atoms with E-state index in [0.717, 1.165) is 30.2 Å². The van der Waals surface area contributed by atoms with E-state index < -0.39 is 0 Å². The minimum Gasteiger partial charge on any atom is -0.372 e. The van der Waals surface area contributed by atoms with Crippen molar-refractivity contribution in [3.63, 3.8) is 0 Å². The minimum atomic E-state index is -0.0549. The van der Waals surface area contributed by atoms with Crippen LogP contribution in [0.1, 0.15) is 19.4 Å². The predicted octanol–water partition coefficient (Wildman–Crippen LogP) is 4.85. The van der Waals surface area contributed by atoms with E-state index in [-0.39, 0.29) is 5.91 Å². The Bertz CT molecular complexity index is 873. The summed E-state index contributed by atoms with van der Waals surface area (Å²) < 4.78 is 0. The molecule has 0 atom stereocenters. The molecular weight excluding hydrogens is 348 g/mol. The zero-order valence-electron chi connectivity index (χ0n) is 16.4. The lowest BCUT2D eigenvalue weighted by Gasteiger charge is -2.21. The Morgan fingerprint density at radius 2 is 1.57 bits per heavy atom. The summed E-state index contributed by atoms with van der Waals surface area (Å²) in [5.41, 5.74) is 3.85. The van der Waals surface area contributed by atoms with Crippen molar-refractivity contribution in [2.45, 2.75) is 20.3 Å². The topological polar surface area (TPSA) is 57.3 Å². The SMILES string of the molecule is CCN(CC)c1ccc(Nc2ccc(NC(=O)Cc3ccccc3)cn2)cc1. The molecule has 28 heavy (non-hydrogen) atoms. The third-order valence-electron chi connectivity index (χ3n) is 4.52. The number of carbonyl (C=O) groups excluding carboxylic acids is 1. The van der Waals surface area contributed by atoms with Gasteiger partial charge in [-0.1, -0.05) is 30.3 Å². The minimum absolute atomic E-state index is 0.0549. The van der Waals surface area contributed by atoms with Crippen molar-refractivity contribution < 1.29 is 4.79 Å². The molecule has 3 rings (SSSR count). The zero-order valence-corrected chi connectivity index (χ0v) is 16.4. The van der Waals surface area contributed by atoms with Gasteiger partial charge in [0.15, 0.2) is 0 Å². The number of rotatable bonds is 8. The molecule has 2 aromatic carbocycles. The zero-order chi connectivity index (χ0) is 19.8. The fraction of sp³-hybridized carbons (Fsp3) is 0.217. The van der Waals surface area contributed by atoms with E-state index in [2.05, 4.69) is 46.5 Å². The lowest BCUT2D eigenvalue weighted by molar-refractivity contribution is -0.115. The first kappa shape index (κ1) is 19.4. The first-order chi connectivity index (χ1) is 13.7. The summed E-state index contributed by atoms with van der Waals surface area (Å²) in [6.45, 7) is 6.28. The molecule has 3 aromatic rings. The van der Waals surface area contributed by atoms with E-state index >= 15 is 0 Å². The highest BCUT2D eigenvalue weighted by Gasteiger charge is 2.05. The summed E-state index contributed by atoms with van der Waals surface area (Å²) in [5, 5.41) is 6.16. The summed E-state index contributed by atoms with van der Waals surface area (Å²) in [6.07, 6.45) is 2.01. The molecule has 0 saturated heterocycles. The normalized spacial score (nSPS) is 10.4. The Morgan fingerprint density at radius 1 is 0.893 bits per heavy atom. The summed E-state index contributed by atoms with van der Waals surface area (Å²) in [7, 11) is 0. The summed E-state index contributed by atoms with van der Waals surface area (Å²) in [5.74, 6) is 0.678. The predicted molar refractivity (Wildman–Crippen MR) is 116 cm³/mol. The second kappa shape index (κ2) is 9.55. The van der Waals surface area contributed by atoms with Gasteiger partial charge in [-0.3, -0.25) is 4.79 Å². The average molecular weight is 374 g/mol. The van der Waals surface area contributed by atoms with Crippen LogP contribution in [0, 0.1) is 0 Å². The maximum absolute atomic E-state index is 12.1. The van der Waals surface area contributed by atoms with E-state index in [0.29, 0.717) is 12.1 Å². The Hall–Kier alpha value is -3.34. The molecule has 2 N–H and O–H groups in total. The van der Waals surface area contributed by atoms with Crippen LogP contribution in [0.2, 0.25) is 0 Å². The molecule has 0 saturated carbocycles. The van der Waals surface area contributed by atoms with Crippen molar-refractivity contribution in [3.05, 3.63) is 78.5 Å². The molecule has 1 amide bonds. The van der Waals surface area contributed by atoms with Gasteiger partial charge in [-0.2, -0.15) is 0 Å². The average Bonchev–Trinajstić information content (AvgIpc) is 2.72. The van der Waals surface area contributed by atoms with Gasteiger partial charge in [0, 0.05) is 24.5 Å². The molecule has 144 valence electrons. The van der Waals surface area contributed by atoms with Gasteiger partial charge in [0.05, 0.1) is 18.3 Å². The molecule has 1 aromatic heterocycles. The summed E-state index contributed by atoms with van der Waals surface area (Å²) in [4.78, 5) is 18.8. The van der Waals surface area contributed by atoms with Crippen LogP contribution in [0.3, 0.4) is 0 Å². The van der Waals surface area contributed by atoms with Crippen LogP contribution in [0.4, 0.5) is 22.9 Å².